The fraction of sp³-hybridized carbons (Fsp3) is 0.286. The standard InChI is InChI=1S/C14H16FNOS/c1-14(10-17,11-4-2-5-12(15)8-11)16-9-13-6-3-7-18-13/h2-8,16-17H,9-10H2,1H3. The van der Waals surface area contributed by atoms with Crippen LogP contribution in [0.1, 0.15) is 17.4 Å². The maximum atomic E-state index is 13.2. The summed E-state index contributed by atoms with van der Waals surface area (Å²) in [7, 11) is 0. The molecule has 4 heteroatoms. The van der Waals surface area contributed by atoms with Crippen LogP contribution < -0.4 is 5.32 Å². The Hall–Kier alpha value is -1.23. The van der Waals surface area contributed by atoms with Gasteiger partial charge in [-0.25, -0.2) is 4.39 Å². The first kappa shape index (κ1) is 13.2. The molecule has 0 aliphatic heterocycles. The second kappa shape index (κ2) is 5.61. The summed E-state index contributed by atoms with van der Waals surface area (Å²) in [6, 6.07) is 10.4. The highest BCUT2D eigenvalue weighted by Gasteiger charge is 2.25. The minimum absolute atomic E-state index is 0.0815. The van der Waals surface area contributed by atoms with Crippen LogP contribution in [0.4, 0.5) is 4.39 Å². The van der Waals surface area contributed by atoms with Crippen LogP contribution in [0.3, 0.4) is 0 Å². The molecule has 1 heterocycles. The van der Waals surface area contributed by atoms with Gasteiger partial charge >= 0.3 is 0 Å². The van der Waals surface area contributed by atoms with E-state index in [-0.39, 0.29) is 12.4 Å². The lowest BCUT2D eigenvalue weighted by atomic mass is 9.93. The van der Waals surface area contributed by atoms with E-state index in [1.165, 1.54) is 17.0 Å². The Kier molecular flexibility index (Phi) is 4.11. The first-order valence-electron chi connectivity index (χ1n) is 5.78. The Morgan fingerprint density at radius 1 is 1.33 bits per heavy atom. The van der Waals surface area contributed by atoms with Gasteiger partial charge in [-0.3, -0.25) is 0 Å². The first-order valence-corrected chi connectivity index (χ1v) is 6.66. The molecule has 0 saturated carbocycles. The Morgan fingerprint density at radius 3 is 2.78 bits per heavy atom. The summed E-state index contributed by atoms with van der Waals surface area (Å²) in [5, 5.41) is 14.9. The number of hydrogen-bond donors (Lipinski definition) is 2. The zero-order chi connectivity index (χ0) is 13.0. The molecule has 0 amide bonds. The van der Waals surface area contributed by atoms with Crippen molar-refractivity contribution in [1.82, 2.24) is 5.32 Å². The van der Waals surface area contributed by atoms with Crippen molar-refractivity contribution in [2.24, 2.45) is 0 Å². The Labute approximate surface area is 110 Å². The Bertz CT molecular complexity index is 500. The lowest BCUT2D eigenvalue weighted by Crippen LogP contribution is -2.42. The van der Waals surface area contributed by atoms with Crippen molar-refractivity contribution in [3.05, 3.63) is 58.0 Å². The zero-order valence-corrected chi connectivity index (χ0v) is 11.0. The maximum Gasteiger partial charge on any atom is 0.123 e. The summed E-state index contributed by atoms with van der Waals surface area (Å²) in [5.41, 5.74) is 0.119. The molecule has 0 fully saturated rings. The van der Waals surface area contributed by atoms with Crippen LogP contribution in [0.5, 0.6) is 0 Å². The predicted molar refractivity (Wildman–Crippen MR) is 72.0 cm³/mol. The minimum atomic E-state index is -0.633. The van der Waals surface area contributed by atoms with Crippen LogP contribution in [0.2, 0.25) is 0 Å². The molecule has 0 radical (unpaired) electrons. The Balaban J connectivity index is 2.14. The van der Waals surface area contributed by atoms with Crippen LogP contribution in [0.15, 0.2) is 41.8 Å². The largest absolute Gasteiger partial charge is 0.394 e. The third-order valence-corrected chi connectivity index (χ3v) is 3.89. The molecule has 1 atom stereocenters. The number of thiophene rings is 1. The molecule has 2 N–H and O–H groups in total. The third-order valence-electron chi connectivity index (χ3n) is 3.01. The Morgan fingerprint density at radius 2 is 2.17 bits per heavy atom. The van der Waals surface area contributed by atoms with Crippen molar-refractivity contribution in [1.29, 1.82) is 0 Å². The number of aliphatic hydroxyl groups is 1. The average Bonchev–Trinajstić information content (AvgIpc) is 2.89. The van der Waals surface area contributed by atoms with E-state index in [2.05, 4.69) is 5.32 Å². The van der Waals surface area contributed by atoms with Gasteiger partial charge in [-0.1, -0.05) is 18.2 Å². The molecule has 1 aromatic heterocycles. The number of rotatable bonds is 5. The molecule has 1 aromatic carbocycles. The maximum absolute atomic E-state index is 13.2. The fourth-order valence-corrected chi connectivity index (χ4v) is 2.42. The predicted octanol–water partition coefficient (Wildman–Crippen LogP) is 2.88. The molecule has 0 aliphatic carbocycles. The molecule has 2 aromatic rings. The first-order chi connectivity index (χ1) is 8.64. The monoisotopic (exact) mass is 265 g/mol. The van der Waals surface area contributed by atoms with Crippen molar-refractivity contribution >= 4 is 11.3 Å². The molecule has 0 aliphatic rings. The zero-order valence-electron chi connectivity index (χ0n) is 10.2. The molecule has 18 heavy (non-hydrogen) atoms. The molecule has 0 bridgehead atoms. The highest BCUT2D eigenvalue weighted by Crippen LogP contribution is 2.22. The van der Waals surface area contributed by atoms with Gasteiger partial charge in [0.15, 0.2) is 0 Å². The fourth-order valence-electron chi connectivity index (χ4n) is 1.78. The van der Waals surface area contributed by atoms with Gasteiger partial charge in [-0.05, 0) is 36.1 Å². The lowest BCUT2D eigenvalue weighted by molar-refractivity contribution is 0.173. The lowest BCUT2D eigenvalue weighted by Gasteiger charge is -2.29. The summed E-state index contributed by atoms with van der Waals surface area (Å²) < 4.78 is 13.2. The van der Waals surface area contributed by atoms with Gasteiger partial charge in [0.05, 0.1) is 12.1 Å². The molecular formula is C14H16FNOS. The molecular weight excluding hydrogens is 249 g/mol. The van der Waals surface area contributed by atoms with Crippen LogP contribution in [-0.2, 0) is 12.1 Å². The number of halogens is 1. The summed E-state index contributed by atoms with van der Waals surface area (Å²) in [5.74, 6) is -0.287. The number of aliphatic hydroxyl groups excluding tert-OH is 1. The summed E-state index contributed by atoms with van der Waals surface area (Å²) in [6.07, 6.45) is 0. The van der Waals surface area contributed by atoms with E-state index in [0.717, 1.165) is 5.56 Å². The summed E-state index contributed by atoms with van der Waals surface area (Å²) in [6.45, 7) is 2.45. The van der Waals surface area contributed by atoms with Crippen molar-refractivity contribution in [3.8, 4) is 0 Å². The molecule has 0 spiro atoms. The number of nitrogens with one attached hydrogen (secondary N) is 1. The molecule has 2 rings (SSSR count). The highest BCUT2D eigenvalue weighted by molar-refractivity contribution is 7.09. The van der Waals surface area contributed by atoms with E-state index in [1.54, 1.807) is 17.4 Å². The minimum Gasteiger partial charge on any atom is -0.394 e. The van der Waals surface area contributed by atoms with E-state index >= 15 is 0 Å². The molecule has 2 nitrogen and oxygen atoms in total. The van der Waals surface area contributed by atoms with Gasteiger partial charge in [0.2, 0.25) is 0 Å². The van der Waals surface area contributed by atoms with Gasteiger partial charge in [-0.15, -0.1) is 11.3 Å². The van der Waals surface area contributed by atoms with E-state index in [9.17, 15) is 9.50 Å². The van der Waals surface area contributed by atoms with Crippen molar-refractivity contribution in [2.45, 2.75) is 19.0 Å². The van der Waals surface area contributed by atoms with Gasteiger partial charge in [0, 0.05) is 11.4 Å². The van der Waals surface area contributed by atoms with Gasteiger partial charge in [0.25, 0.3) is 0 Å². The van der Waals surface area contributed by atoms with Crippen LogP contribution in [0.25, 0.3) is 0 Å². The summed E-state index contributed by atoms with van der Waals surface area (Å²) >= 11 is 1.65. The number of benzene rings is 1. The van der Waals surface area contributed by atoms with E-state index < -0.39 is 5.54 Å². The number of hydrogen-bond acceptors (Lipinski definition) is 3. The second-order valence-electron chi connectivity index (χ2n) is 4.43. The average molecular weight is 265 g/mol. The third kappa shape index (κ3) is 2.96. The van der Waals surface area contributed by atoms with E-state index in [4.69, 9.17) is 0 Å². The van der Waals surface area contributed by atoms with Gasteiger partial charge < -0.3 is 10.4 Å². The van der Waals surface area contributed by atoms with Crippen molar-refractivity contribution in [3.63, 3.8) is 0 Å². The van der Waals surface area contributed by atoms with Gasteiger partial charge in [-0.2, -0.15) is 0 Å². The topological polar surface area (TPSA) is 32.3 Å². The normalized spacial score (nSPS) is 14.4. The molecule has 0 saturated heterocycles. The molecule has 1 unspecified atom stereocenters. The second-order valence-corrected chi connectivity index (χ2v) is 5.47. The van der Waals surface area contributed by atoms with Crippen LogP contribution in [0, 0.1) is 5.82 Å². The van der Waals surface area contributed by atoms with Gasteiger partial charge in [0.1, 0.15) is 5.82 Å². The smallest absolute Gasteiger partial charge is 0.123 e. The van der Waals surface area contributed by atoms with Crippen LogP contribution >= 0.6 is 11.3 Å². The van der Waals surface area contributed by atoms with Crippen molar-refractivity contribution < 1.29 is 9.50 Å². The van der Waals surface area contributed by atoms with Crippen LogP contribution in [-0.4, -0.2) is 11.7 Å². The highest BCUT2D eigenvalue weighted by atomic mass is 32.1. The SMILES string of the molecule is CC(CO)(NCc1cccs1)c1cccc(F)c1. The van der Waals surface area contributed by atoms with E-state index in [0.29, 0.717) is 6.54 Å². The van der Waals surface area contributed by atoms with Crippen molar-refractivity contribution in [2.75, 3.05) is 6.61 Å². The van der Waals surface area contributed by atoms with E-state index in [1.807, 2.05) is 30.5 Å². The quantitative estimate of drug-likeness (QED) is 0.871. The summed E-state index contributed by atoms with van der Waals surface area (Å²) in [4.78, 5) is 1.19. The molecule has 96 valence electrons.